The highest BCUT2D eigenvalue weighted by Gasteiger charge is 2.40. The fourth-order valence-electron chi connectivity index (χ4n) is 3.95. The molecule has 8 nitrogen and oxygen atoms in total. The molecule has 2 aromatic rings. The van der Waals surface area contributed by atoms with E-state index >= 15 is 0 Å². The van der Waals surface area contributed by atoms with E-state index in [9.17, 15) is 8.78 Å². The molecule has 2 N–H and O–H groups in total. The minimum absolute atomic E-state index is 0.210. The van der Waals surface area contributed by atoms with Crippen LogP contribution in [0.5, 0.6) is 0 Å². The predicted octanol–water partition coefficient (Wildman–Crippen LogP) is 2.76. The van der Waals surface area contributed by atoms with Crippen molar-refractivity contribution in [2.45, 2.75) is 18.9 Å². The van der Waals surface area contributed by atoms with Gasteiger partial charge in [-0.2, -0.15) is 9.97 Å². The van der Waals surface area contributed by atoms with Crippen LogP contribution in [0, 0.1) is 0 Å². The minimum atomic E-state index is -2.76. The lowest BCUT2D eigenvalue weighted by molar-refractivity contribution is 0.0257. The van der Waals surface area contributed by atoms with E-state index in [1.54, 1.807) is 11.0 Å². The fourth-order valence-corrected chi connectivity index (χ4v) is 4.14. The quantitative estimate of drug-likeness (QED) is 0.513. The molecule has 32 heavy (non-hydrogen) atoms. The Balaban J connectivity index is 1.78. The summed E-state index contributed by atoms with van der Waals surface area (Å²) < 4.78 is 33.6. The van der Waals surface area contributed by atoms with Gasteiger partial charge in [0.2, 0.25) is 5.95 Å². The summed E-state index contributed by atoms with van der Waals surface area (Å²) in [6.45, 7) is 2.46. The highest BCUT2D eigenvalue weighted by Crippen LogP contribution is 2.40. The van der Waals surface area contributed by atoms with E-state index in [0.717, 1.165) is 5.56 Å². The number of aromatic nitrogens is 2. The van der Waals surface area contributed by atoms with Crippen LogP contribution in [-0.4, -0.2) is 69.4 Å². The minimum Gasteiger partial charge on any atom is -0.378 e. The summed E-state index contributed by atoms with van der Waals surface area (Å²) in [6, 6.07) is 7.43. The smallest absolute Gasteiger partial charge is 0.266 e. The van der Waals surface area contributed by atoms with Gasteiger partial charge in [0.25, 0.3) is 5.92 Å². The van der Waals surface area contributed by atoms with Gasteiger partial charge >= 0.3 is 0 Å². The summed E-state index contributed by atoms with van der Waals surface area (Å²) in [5.74, 6) is 5.11. The molecule has 0 amide bonds. The third-order valence-electron chi connectivity index (χ3n) is 5.62. The van der Waals surface area contributed by atoms with Gasteiger partial charge in [-0.25, -0.2) is 14.6 Å². The summed E-state index contributed by atoms with van der Waals surface area (Å²) in [6.07, 6.45) is -0.210. The zero-order valence-electron chi connectivity index (χ0n) is 18.3. The van der Waals surface area contributed by atoms with Gasteiger partial charge in [-0.1, -0.05) is 29.8 Å². The Labute approximate surface area is 191 Å². The Morgan fingerprint density at radius 2 is 1.84 bits per heavy atom. The highest BCUT2D eigenvalue weighted by atomic mass is 35.5. The second-order valence-electron chi connectivity index (χ2n) is 8.26. The van der Waals surface area contributed by atoms with Crippen LogP contribution < -0.4 is 25.6 Å². The molecule has 0 bridgehead atoms. The van der Waals surface area contributed by atoms with Crippen molar-refractivity contribution in [2.24, 2.45) is 5.84 Å². The topological polar surface area (TPSA) is 74.0 Å². The summed E-state index contributed by atoms with van der Waals surface area (Å²) in [4.78, 5) is 14.9. The Kier molecular flexibility index (Phi) is 6.55. The molecule has 3 heterocycles. The maximum absolute atomic E-state index is 14.1. The molecule has 1 aromatic carbocycles. The third-order valence-corrected chi connectivity index (χ3v) is 5.99. The molecular weight excluding hydrogens is 440 g/mol. The Morgan fingerprint density at radius 1 is 1.12 bits per heavy atom. The van der Waals surface area contributed by atoms with E-state index in [4.69, 9.17) is 32.1 Å². The number of benzene rings is 1. The number of rotatable bonds is 6. The Morgan fingerprint density at radius 3 is 2.47 bits per heavy atom. The van der Waals surface area contributed by atoms with Crippen LogP contribution in [0.4, 0.5) is 32.1 Å². The van der Waals surface area contributed by atoms with Crippen LogP contribution in [-0.2, 0) is 11.3 Å². The lowest BCUT2D eigenvalue weighted by Crippen LogP contribution is -2.39. The van der Waals surface area contributed by atoms with Crippen molar-refractivity contribution in [3.63, 3.8) is 0 Å². The number of anilines is 4. The van der Waals surface area contributed by atoms with Crippen LogP contribution in [0.1, 0.15) is 12.0 Å². The second kappa shape index (κ2) is 9.21. The van der Waals surface area contributed by atoms with Gasteiger partial charge in [0.1, 0.15) is 5.69 Å². The first-order valence-corrected chi connectivity index (χ1v) is 10.9. The molecule has 174 valence electrons. The average Bonchev–Trinajstić information content (AvgIpc) is 3.14. The third kappa shape index (κ3) is 4.82. The normalized spacial score (nSPS) is 18.2. The predicted molar refractivity (Wildman–Crippen MR) is 123 cm³/mol. The number of morpholine rings is 1. The first-order chi connectivity index (χ1) is 15.2. The molecule has 0 aliphatic carbocycles. The zero-order valence-corrected chi connectivity index (χ0v) is 19.0. The Hall–Kier alpha value is -2.43. The van der Waals surface area contributed by atoms with E-state index in [0.29, 0.717) is 61.1 Å². The molecule has 0 radical (unpaired) electrons. The van der Waals surface area contributed by atoms with E-state index in [-0.39, 0.29) is 19.5 Å². The molecular formula is C21H28ClF2N7O. The number of nitrogens with two attached hydrogens (primary N) is 1. The van der Waals surface area contributed by atoms with E-state index in [1.165, 1.54) is 5.01 Å². The van der Waals surface area contributed by atoms with Crippen molar-refractivity contribution < 1.29 is 13.5 Å². The first kappa shape index (κ1) is 22.8. The van der Waals surface area contributed by atoms with Gasteiger partial charge in [0.15, 0.2) is 11.6 Å². The lowest BCUT2D eigenvalue weighted by atomic mass is 10.2. The summed E-state index contributed by atoms with van der Waals surface area (Å²) in [5, 5.41) is 2.09. The maximum atomic E-state index is 14.1. The Bertz CT molecular complexity index is 956. The van der Waals surface area contributed by atoms with Crippen molar-refractivity contribution >= 4 is 34.9 Å². The van der Waals surface area contributed by atoms with E-state index in [2.05, 4.69) is 0 Å². The van der Waals surface area contributed by atoms with Crippen molar-refractivity contribution in [2.75, 3.05) is 73.2 Å². The van der Waals surface area contributed by atoms with Gasteiger partial charge in [0, 0.05) is 45.2 Å². The molecule has 11 heteroatoms. The van der Waals surface area contributed by atoms with Crippen molar-refractivity contribution in [1.82, 2.24) is 9.97 Å². The number of ether oxygens (including phenoxy) is 1. The summed E-state index contributed by atoms with van der Waals surface area (Å²) in [7, 11) is 3.66. The molecule has 0 atom stereocenters. The number of hydrogen-bond donors (Lipinski definition) is 1. The first-order valence-electron chi connectivity index (χ1n) is 10.6. The van der Waals surface area contributed by atoms with Gasteiger partial charge in [-0.05, 0) is 11.6 Å². The highest BCUT2D eigenvalue weighted by molar-refractivity contribution is 6.31. The molecule has 4 rings (SSSR count). The molecule has 0 unspecified atom stereocenters. The van der Waals surface area contributed by atoms with E-state index in [1.807, 2.05) is 42.1 Å². The summed E-state index contributed by atoms with van der Waals surface area (Å²) in [5.41, 5.74) is 1.43. The van der Waals surface area contributed by atoms with Gasteiger partial charge in [0.05, 0.1) is 26.3 Å². The van der Waals surface area contributed by atoms with Crippen molar-refractivity contribution in [3.05, 3.63) is 34.9 Å². The number of hydrazine groups is 1. The maximum Gasteiger partial charge on any atom is 0.266 e. The van der Waals surface area contributed by atoms with Crippen LogP contribution in [0.15, 0.2) is 24.3 Å². The van der Waals surface area contributed by atoms with Gasteiger partial charge in [-0.3, -0.25) is 5.01 Å². The molecule has 2 fully saturated rings. The van der Waals surface area contributed by atoms with Crippen LogP contribution in [0.25, 0.3) is 0 Å². The molecule has 0 spiro atoms. The molecule has 2 saturated heterocycles. The largest absolute Gasteiger partial charge is 0.378 e. The SMILES string of the molecule is CN(C)c1c(N(N)Cc2ccccc2Cl)nc(N2CCOCC2)nc1N1CCC(F)(F)C1. The van der Waals surface area contributed by atoms with Crippen LogP contribution in [0.3, 0.4) is 0 Å². The monoisotopic (exact) mass is 467 g/mol. The fraction of sp³-hybridized carbons (Fsp3) is 0.524. The van der Waals surface area contributed by atoms with E-state index < -0.39 is 5.92 Å². The molecule has 0 saturated carbocycles. The number of halogens is 3. The number of hydrogen-bond acceptors (Lipinski definition) is 8. The van der Waals surface area contributed by atoms with Crippen LogP contribution >= 0.6 is 11.6 Å². The van der Waals surface area contributed by atoms with Crippen molar-refractivity contribution in [3.8, 4) is 0 Å². The summed E-state index contributed by atoms with van der Waals surface area (Å²) >= 11 is 6.34. The second-order valence-corrected chi connectivity index (χ2v) is 8.67. The van der Waals surface area contributed by atoms with Gasteiger partial charge in [-0.15, -0.1) is 0 Å². The lowest BCUT2D eigenvalue weighted by Gasteiger charge is -2.33. The molecule has 2 aliphatic rings. The van der Waals surface area contributed by atoms with Gasteiger partial charge < -0.3 is 19.4 Å². The molecule has 2 aliphatic heterocycles. The zero-order chi connectivity index (χ0) is 22.9. The average molecular weight is 468 g/mol. The molecule has 1 aromatic heterocycles. The van der Waals surface area contributed by atoms with Crippen LogP contribution in [0.2, 0.25) is 5.02 Å². The number of nitrogens with zero attached hydrogens (tertiary/aromatic N) is 6. The standard InChI is InChI=1S/C21H28ClF2N7O/c1-28(2)17-18(30-8-7-21(23,24)14-30)26-20(29-9-11-32-12-10-29)27-19(17)31(25)13-15-5-3-4-6-16(15)22/h3-6H,7-14,25H2,1-2H3. The number of alkyl halides is 2. The van der Waals surface area contributed by atoms with Crippen molar-refractivity contribution in [1.29, 1.82) is 0 Å².